The first-order valence-electron chi connectivity index (χ1n) is 5.49. The fourth-order valence-electron chi connectivity index (χ4n) is 1.75. The minimum absolute atomic E-state index is 0.112. The number of nitrogen functional groups attached to an aromatic ring is 1. The van der Waals surface area contributed by atoms with Gasteiger partial charge in [0.25, 0.3) is 0 Å². The van der Waals surface area contributed by atoms with Gasteiger partial charge in [-0.15, -0.1) is 0 Å². The smallest absolute Gasteiger partial charge is 0.220 e. The predicted molar refractivity (Wildman–Crippen MR) is 66.1 cm³/mol. The van der Waals surface area contributed by atoms with Crippen molar-refractivity contribution >= 4 is 16.9 Å². The van der Waals surface area contributed by atoms with Crippen LogP contribution in [-0.4, -0.2) is 23.1 Å². The largest absolute Gasteiger partial charge is 0.368 e. The van der Waals surface area contributed by atoms with Gasteiger partial charge in [-0.25, -0.2) is 14.4 Å². The molecule has 0 amide bonds. The van der Waals surface area contributed by atoms with Crippen LogP contribution in [0.4, 0.5) is 10.3 Å². The van der Waals surface area contributed by atoms with Crippen molar-refractivity contribution in [3.05, 3.63) is 29.7 Å². The molecular weight excluding hydrogens is 219 g/mol. The summed E-state index contributed by atoms with van der Waals surface area (Å²) in [4.78, 5) is 8.13. The Hall–Kier alpha value is -1.75. The Morgan fingerprint density at radius 2 is 2.18 bits per heavy atom. The van der Waals surface area contributed by atoms with E-state index in [-0.39, 0.29) is 17.8 Å². The maximum Gasteiger partial charge on any atom is 0.220 e. The predicted octanol–water partition coefficient (Wildman–Crippen LogP) is 1.50. The Bertz CT molecular complexity index is 541. The zero-order valence-electron chi connectivity index (χ0n) is 9.87. The number of halogens is 1. The van der Waals surface area contributed by atoms with Crippen LogP contribution in [0.2, 0.25) is 0 Å². The second-order valence-corrected chi connectivity index (χ2v) is 4.06. The van der Waals surface area contributed by atoms with E-state index in [0.29, 0.717) is 11.9 Å². The van der Waals surface area contributed by atoms with Gasteiger partial charge < -0.3 is 11.1 Å². The molecule has 0 aliphatic heterocycles. The third-order valence-electron chi connectivity index (χ3n) is 2.77. The van der Waals surface area contributed by atoms with Gasteiger partial charge in [0.1, 0.15) is 11.3 Å². The van der Waals surface area contributed by atoms with Crippen LogP contribution in [0.25, 0.3) is 10.9 Å². The van der Waals surface area contributed by atoms with Crippen LogP contribution >= 0.6 is 0 Å². The molecule has 0 saturated heterocycles. The molecule has 2 rings (SSSR count). The molecule has 1 heterocycles. The third kappa shape index (κ3) is 2.34. The fourth-order valence-corrected chi connectivity index (χ4v) is 1.75. The number of anilines is 1. The Balaban J connectivity index is 2.58. The molecule has 0 saturated carbocycles. The van der Waals surface area contributed by atoms with E-state index >= 15 is 0 Å². The van der Waals surface area contributed by atoms with Crippen LogP contribution in [0.5, 0.6) is 0 Å². The summed E-state index contributed by atoms with van der Waals surface area (Å²) in [7, 11) is 1.87. The van der Waals surface area contributed by atoms with Gasteiger partial charge >= 0.3 is 0 Å². The molecule has 1 aromatic carbocycles. The number of aromatic nitrogens is 2. The molecule has 1 atom stereocenters. The van der Waals surface area contributed by atoms with Crippen LogP contribution in [0, 0.1) is 5.82 Å². The molecule has 5 heteroatoms. The van der Waals surface area contributed by atoms with E-state index in [1.165, 1.54) is 6.07 Å². The molecule has 3 N–H and O–H groups in total. The lowest BCUT2D eigenvalue weighted by atomic mass is 10.1. The molecule has 0 fully saturated rings. The molecule has 17 heavy (non-hydrogen) atoms. The van der Waals surface area contributed by atoms with E-state index < -0.39 is 0 Å². The molecule has 0 spiro atoms. The number of nitrogens with one attached hydrogen (secondary N) is 1. The first-order chi connectivity index (χ1) is 8.11. The van der Waals surface area contributed by atoms with Crippen LogP contribution in [-0.2, 0) is 6.42 Å². The van der Waals surface area contributed by atoms with E-state index in [9.17, 15) is 4.39 Å². The molecular formula is C12H15FN4. The van der Waals surface area contributed by atoms with E-state index in [2.05, 4.69) is 15.3 Å². The van der Waals surface area contributed by atoms with Crippen LogP contribution in [0.1, 0.15) is 12.6 Å². The summed E-state index contributed by atoms with van der Waals surface area (Å²) >= 11 is 0. The Kier molecular flexibility index (Phi) is 3.19. The lowest BCUT2D eigenvalue weighted by Crippen LogP contribution is -2.24. The summed E-state index contributed by atoms with van der Waals surface area (Å²) in [6, 6.07) is 5.09. The standard InChI is InChI=1S/C12H15FN4/c1-7(15-2)6-10-8-4-3-5-9(13)11(8)17-12(14)16-10/h3-5,7,15H,6H2,1-2H3,(H2,14,16,17). The van der Waals surface area contributed by atoms with Crippen molar-refractivity contribution in [3.63, 3.8) is 0 Å². The molecule has 4 nitrogen and oxygen atoms in total. The quantitative estimate of drug-likeness (QED) is 0.844. The highest BCUT2D eigenvalue weighted by Crippen LogP contribution is 2.20. The number of hydrogen-bond acceptors (Lipinski definition) is 4. The number of rotatable bonds is 3. The van der Waals surface area contributed by atoms with Gasteiger partial charge in [0.2, 0.25) is 5.95 Å². The minimum atomic E-state index is -0.366. The third-order valence-corrected chi connectivity index (χ3v) is 2.77. The molecule has 0 aliphatic rings. The molecule has 0 radical (unpaired) electrons. The number of nitrogens with zero attached hydrogens (tertiary/aromatic N) is 2. The first kappa shape index (κ1) is 11.7. The molecule has 1 aromatic heterocycles. The van der Waals surface area contributed by atoms with Crippen molar-refractivity contribution in [2.75, 3.05) is 12.8 Å². The number of likely N-dealkylation sites (N-methyl/N-ethyl adjacent to an activating group) is 1. The van der Waals surface area contributed by atoms with Gasteiger partial charge in [-0.3, -0.25) is 0 Å². The Labute approximate surface area is 99.1 Å². The van der Waals surface area contributed by atoms with Gasteiger partial charge in [-0.2, -0.15) is 0 Å². The highest BCUT2D eigenvalue weighted by atomic mass is 19.1. The first-order valence-corrected chi connectivity index (χ1v) is 5.49. The van der Waals surface area contributed by atoms with E-state index in [1.807, 2.05) is 20.0 Å². The number of hydrogen-bond donors (Lipinski definition) is 2. The molecule has 0 aliphatic carbocycles. The van der Waals surface area contributed by atoms with Gasteiger partial charge in [0, 0.05) is 17.8 Å². The van der Waals surface area contributed by atoms with Gasteiger partial charge in [0.05, 0.1) is 5.69 Å². The highest BCUT2D eigenvalue weighted by molar-refractivity contribution is 5.82. The molecule has 0 bridgehead atoms. The van der Waals surface area contributed by atoms with Crippen LogP contribution in [0.3, 0.4) is 0 Å². The maximum atomic E-state index is 13.6. The minimum Gasteiger partial charge on any atom is -0.368 e. The Morgan fingerprint density at radius 1 is 1.41 bits per heavy atom. The van der Waals surface area contributed by atoms with Gasteiger partial charge in [0.15, 0.2) is 0 Å². The topological polar surface area (TPSA) is 63.8 Å². The molecule has 90 valence electrons. The zero-order valence-corrected chi connectivity index (χ0v) is 9.87. The van der Waals surface area contributed by atoms with Crippen molar-refractivity contribution in [2.45, 2.75) is 19.4 Å². The average molecular weight is 234 g/mol. The summed E-state index contributed by atoms with van der Waals surface area (Å²) in [6.07, 6.45) is 0.684. The highest BCUT2D eigenvalue weighted by Gasteiger charge is 2.11. The molecule has 2 aromatic rings. The summed E-state index contributed by atoms with van der Waals surface area (Å²) in [5.74, 6) is -0.254. The lowest BCUT2D eigenvalue weighted by Gasteiger charge is -2.12. The molecule has 1 unspecified atom stereocenters. The maximum absolute atomic E-state index is 13.6. The summed E-state index contributed by atoms with van der Waals surface area (Å²) in [6.45, 7) is 2.03. The van der Waals surface area contributed by atoms with Crippen molar-refractivity contribution in [1.82, 2.24) is 15.3 Å². The number of para-hydroxylation sites is 1. The summed E-state index contributed by atoms with van der Waals surface area (Å²) in [5, 5.41) is 3.84. The van der Waals surface area contributed by atoms with Crippen molar-refractivity contribution in [1.29, 1.82) is 0 Å². The second kappa shape index (κ2) is 4.63. The summed E-state index contributed by atoms with van der Waals surface area (Å²) < 4.78 is 13.6. The van der Waals surface area contributed by atoms with Crippen LogP contribution < -0.4 is 11.1 Å². The van der Waals surface area contributed by atoms with E-state index in [0.717, 1.165) is 11.1 Å². The summed E-state index contributed by atoms with van der Waals surface area (Å²) in [5.41, 5.74) is 6.66. The average Bonchev–Trinajstić information content (AvgIpc) is 2.30. The van der Waals surface area contributed by atoms with Crippen LogP contribution in [0.15, 0.2) is 18.2 Å². The fraction of sp³-hybridized carbons (Fsp3) is 0.333. The van der Waals surface area contributed by atoms with Gasteiger partial charge in [-0.1, -0.05) is 12.1 Å². The zero-order chi connectivity index (χ0) is 12.4. The van der Waals surface area contributed by atoms with E-state index in [4.69, 9.17) is 5.73 Å². The Morgan fingerprint density at radius 3 is 2.88 bits per heavy atom. The van der Waals surface area contributed by atoms with Gasteiger partial charge in [-0.05, 0) is 20.0 Å². The van der Waals surface area contributed by atoms with Crippen molar-refractivity contribution in [2.24, 2.45) is 0 Å². The lowest BCUT2D eigenvalue weighted by molar-refractivity contribution is 0.602. The SMILES string of the molecule is CNC(C)Cc1nc(N)nc2c(F)cccc12. The second-order valence-electron chi connectivity index (χ2n) is 4.06. The number of benzene rings is 1. The monoisotopic (exact) mass is 234 g/mol. The van der Waals surface area contributed by atoms with E-state index in [1.54, 1.807) is 6.07 Å². The number of nitrogens with two attached hydrogens (primary N) is 1. The van der Waals surface area contributed by atoms with Crippen molar-refractivity contribution < 1.29 is 4.39 Å². The normalized spacial score (nSPS) is 12.9. The number of fused-ring (bicyclic) bond motifs is 1. The van der Waals surface area contributed by atoms with Crippen molar-refractivity contribution in [3.8, 4) is 0 Å².